The molecule has 5 rings (SSSR count). The number of nitrogens with one attached hydrogen (secondary N) is 1. The van der Waals surface area contributed by atoms with Crippen LogP contribution >= 0.6 is 0 Å². The maximum atomic E-state index is 12.2. The minimum Gasteiger partial charge on any atom is -0.384 e. The highest BCUT2D eigenvalue weighted by molar-refractivity contribution is 7.91. The maximum Gasteiger partial charge on any atom is 0.177 e. The van der Waals surface area contributed by atoms with Crippen molar-refractivity contribution >= 4 is 25.4 Å². The van der Waals surface area contributed by atoms with Gasteiger partial charge in [0.25, 0.3) is 0 Å². The fourth-order valence-electron chi connectivity index (χ4n) is 6.24. The van der Waals surface area contributed by atoms with Gasteiger partial charge >= 0.3 is 0 Å². The number of hydrogen-bond acceptors (Lipinski definition) is 5. The normalized spacial score (nSPS) is 32.6. The first-order chi connectivity index (χ1) is 12.5. The van der Waals surface area contributed by atoms with Crippen LogP contribution in [0.3, 0.4) is 0 Å². The van der Waals surface area contributed by atoms with E-state index in [4.69, 9.17) is 0 Å². The zero-order valence-corrected chi connectivity index (χ0v) is 17.7. The standard InChI is InChI=1S/C20H29NO4S2/c1-26(22,23)17-3-4-18(19(10-17)27(2,24)25)21-6-5-20-11-14-7-15(12-20)9-16(8-14)13-20/h3-4,10,14-16,21H,5-9,11-13H2,1-2H3. The molecule has 4 aliphatic carbocycles. The number of anilines is 1. The van der Waals surface area contributed by atoms with Crippen molar-refractivity contribution in [3.05, 3.63) is 18.2 Å². The summed E-state index contributed by atoms with van der Waals surface area (Å²) in [6, 6.07) is 4.35. The second-order valence-corrected chi connectivity index (χ2v) is 13.3. The van der Waals surface area contributed by atoms with Gasteiger partial charge in [-0.3, -0.25) is 0 Å². The third-order valence-electron chi connectivity index (χ3n) is 6.92. The monoisotopic (exact) mass is 411 g/mol. The van der Waals surface area contributed by atoms with Crippen LogP contribution in [0.25, 0.3) is 0 Å². The van der Waals surface area contributed by atoms with E-state index in [0.29, 0.717) is 11.1 Å². The first kappa shape index (κ1) is 19.2. The van der Waals surface area contributed by atoms with Crippen molar-refractivity contribution < 1.29 is 16.8 Å². The molecule has 0 spiro atoms. The molecule has 7 heteroatoms. The molecule has 4 fully saturated rings. The molecular formula is C20H29NO4S2. The van der Waals surface area contributed by atoms with Gasteiger partial charge in [0, 0.05) is 19.1 Å². The molecule has 0 unspecified atom stereocenters. The van der Waals surface area contributed by atoms with Gasteiger partial charge in [-0.1, -0.05) is 0 Å². The van der Waals surface area contributed by atoms with Crippen molar-refractivity contribution in [2.24, 2.45) is 23.2 Å². The lowest BCUT2D eigenvalue weighted by Gasteiger charge is -2.57. The zero-order chi connectivity index (χ0) is 19.4. The second-order valence-electron chi connectivity index (χ2n) is 9.30. The summed E-state index contributed by atoms with van der Waals surface area (Å²) in [5.74, 6) is 2.70. The molecule has 4 aliphatic rings. The van der Waals surface area contributed by atoms with Crippen molar-refractivity contribution in [1.82, 2.24) is 0 Å². The topological polar surface area (TPSA) is 80.3 Å². The summed E-state index contributed by atoms with van der Waals surface area (Å²) in [7, 11) is -6.96. The van der Waals surface area contributed by atoms with Gasteiger partial charge in [0.15, 0.2) is 19.7 Å². The van der Waals surface area contributed by atoms with Crippen molar-refractivity contribution in [2.75, 3.05) is 24.4 Å². The number of hydrogen-bond donors (Lipinski definition) is 1. The predicted octanol–water partition coefficient (Wildman–Crippen LogP) is 3.51. The van der Waals surface area contributed by atoms with Crippen LogP contribution in [0.15, 0.2) is 28.0 Å². The SMILES string of the molecule is CS(=O)(=O)c1ccc(NCCC23CC4CC(CC(C4)C2)C3)c(S(C)(=O)=O)c1. The molecule has 1 aromatic carbocycles. The molecule has 27 heavy (non-hydrogen) atoms. The minimum atomic E-state index is -3.52. The number of rotatable bonds is 6. The first-order valence-corrected chi connectivity index (χ1v) is 13.6. The van der Waals surface area contributed by atoms with Gasteiger partial charge in [0.2, 0.25) is 0 Å². The molecule has 1 N–H and O–H groups in total. The van der Waals surface area contributed by atoms with E-state index in [9.17, 15) is 16.8 Å². The van der Waals surface area contributed by atoms with Crippen LogP contribution in [0, 0.1) is 23.2 Å². The lowest BCUT2D eigenvalue weighted by atomic mass is 9.49. The van der Waals surface area contributed by atoms with Gasteiger partial charge in [-0.2, -0.15) is 0 Å². The van der Waals surface area contributed by atoms with Crippen LogP contribution in [-0.2, 0) is 19.7 Å². The summed E-state index contributed by atoms with van der Waals surface area (Å²) in [4.78, 5) is 0.102. The van der Waals surface area contributed by atoms with Gasteiger partial charge in [-0.25, -0.2) is 16.8 Å². The smallest absolute Gasteiger partial charge is 0.177 e. The highest BCUT2D eigenvalue weighted by Crippen LogP contribution is 2.61. The summed E-state index contributed by atoms with van der Waals surface area (Å²) in [5.41, 5.74) is 0.939. The molecule has 4 bridgehead atoms. The molecule has 5 nitrogen and oxygen atoms in total. The van der Waals surface area contributed by atoms with Crippen LogP contribution in [0.1, 0.15) is 44.9 Å². The molecule has 0 heterocycles. The largest absolute Gasteiger partial charge is 0.384 e. The van der Waals surface area contributed by atoms with Crippen LogP contribution in [-0.4, -0.2) is 35.9 Å². The predicted molar refractivity (Wildman–Crippen MR) is 106 cm³/mol. The second kappa shape index (κ2) is 6.48. The molecule has 0 amide bonds. The summed E-state index contributed by atoms with van der Waals surface area (Å²) >= 11 is 0. The van der Waals surface area contributed by atoms with Gasteiger partial charge in [0.05, 0.1) is 15.5 Å². The number of sulfone groups is 2. The van der Waals surface area contributed by atoms with E-state index in [1.165, 1.54) is 50.7 Å². The quantitative estimate of drug-likeness (QED) is 0.775. The number of benzene rings is 1. The lowest BCUT2D eigenvalue weighted by molar-refractivity contribution is -0.0552. The third-order valence-corrected chi connectivity index (χ3v) is 9.16. The molecule has 0 aromatic heterocycles. The van der Waals surface area contributed by atoms with Gasteiger partial charge in [-0.05, 0) is 86.3 Å². The summed E-state index contributed by atoms with van der Waals surface area (Å²) in [6.07, 6.45) is 11.5. The van der Waals surface area contributed by atoms with Crippen LogP contribution < -0.4 is 5.32 Å². The Morgan fingerprint density at radius 3 is 1.96 bits per heavy atom. The van der Waals surface area contributed by atoms with E-state index in [0.717, 1.165) is 43.2 Å². The fourth-order valence-corrected chi connectivity index (χ4v) is 7.85. The highest BCUT2D eigenvalue weighted by Gasteiger charge is 2.50. The minimum absolute atomic E-state index is 0.0366. The molecule has 1 aromatic rings. The Morgan fingerprint density at radius 2 is 1.48 bits per heavy atom. The average molecular weight is 412 g/mol. The molecule has 0 saturated heterocycles. The van der Waals surface area contributed by atoms with E-state index in [2.05, 4.69) is 5.32 Å². The Bertz CT molecular complexity index is 915. The molecule has 4 saturated carbocycles. The van der Waals surface area contributed by atoms with E-state index >= 15 is 0 Å². The van der Waals surface area contributed by atoms with Gasteiger partial charge in [-0.15, -0.1) is 0 Å². The Balaban J connectivity index is 1.50. The third kappa shape index (κ3) is 3.90. The van der Waals surface area contributed by atoms with Crippen LogP contribution in [0.5, 0.6) is 0 Å². The summed E-state index contributed by atoms with van der Waals surface area (Å²) in [5, 5.41) is 3.30. The van der Waals surface area contributed by atoms with Gasteiger partial charge in [0.1, 0.15) is 0 Å². The maximum absolute atomic E-state index is 12.2. The molecule has 0 aliphatic heterocycles. The zero-order valence-electron chi connectivity index (χ0n) is 16.1. The van der Waals surface area contributed by atoms with Crippen molar-refractivity contribution in [3.8, 4) is 0 Å². The molecule has 0 radical (unpaired) electrons. The van der Waals surface area contributed by atoms with Crippen molar-refractivity contribution in [3.63, 3.8) is 0 Å². The molecular weight excluding hydrogens is 382 g/mol. The van der Waals surface area contributed by atoms with Crippen molar-refractivity contribution in [2.45, 2.75) is 54.7 Å². The molecule has 0 atom stereocenters. The van der Waals surface area contributed by atoms with Crippen LogP contribution in [0.4, 0.5) is 5.69 Å². The van der Waals surface area contributed by atoms with Crippen LogP contribution in [0.2, 0.25) is 0 Å². The molecule has 150 valence electrons. The van der Waals surface area contributed by atoms with Crippen molar-refractivity contribution in [1.29, 1.82) is 0 Å². The Labute approximate surface area is 162 Å². The fraction of sp³-hybridized carbons (Fsp3) is 0.700. The van der Waals surface area contributed by atoms with E-state index in [1.54, 1.807) is 6.07 Å². The summed E-state index contributed by atoms with van der Waals surface area (Å²) < 4.78 is 47.9. The Kier molecular flexibility index (Phi) is 4.62. The first-order valence-electron chi connectivity index (χ1n) is 9.82. The highest BCUT2D eigenvalue weighted by atomic mass is 32.2. The van der Waals surface area contributed by atoms with E-state index in [-0.39, 0.29) is 9.79 Å². The lowest BCUT2D eigenvalue weighted by Crippen LogP contribution is -2.46. The summed E-state index contributed by atoms with van der Waals surface area (Å²) in [6.45, 7) is 0.729. The Morgan fingerprint density at radius 1 is 0.926 bits per heavy atom. The van der Waals surface area contributed by atoms with E-state index in [1.807, 2.05) is 0 Å². The average Bonchev–Trinajstić information content (AvgIpc) is 2.51. The van der Waals surface area contributed by atoms with E-state index < -0.39 is 19.7 Å². The Hall–Kier alpha value is -1.08. The van der Waals surface area contributed by atoms with Gasteiger partial charge < -0.3 is 5.32 Å².